The van der Waals surface area contributed by atoms with Gasteiger partial charge in [-0.25, -0.2) is 0 Å². The van der Waals surface area contributed by atoms with Crippen molar-refractivity contribution in [2.75, 3.05) is 0 Å². The molecule has 0 heterocycles. The minimum atomic E-state index is -4.67. The van der Waals surface area contributed by atoms with E-state index in [1.54, 1.807) is 0 Å². The van der Waals surface area contributed by atoms with E-state index in [-0.39, 0.29) is 12.2 Å². The summed E-state index contributed by atoms with van der Waals surface area (Å²) < 4.78 is 31.6. The van der Waals surface area contributed by atoms with Gasteiger partial charge in [-0.2, -0.15) is 8.42 Å². The predicted molar refractivity (Wildman–Crippen MR) is 107 cm³/mol. The lowest BCUT2D eigenvalue weighted by Gasteiger charge is -2.61. The van der Waals surface area contributed by atoms with Crippen molar-refractivity contribution in [1.29, 1.82) is 0 Å². The van der Waals surface area contributed by atoms with E-state index in [1.807, 2.05) is 6.92 Å². The van der Waals surface area contributed by atoms with Crippen LogP contribution in [0.3, 0.4) is 0 Å². The Morgan fingerprint density at radius 1 is 0.893 bits per heavy atom. The molecule has 4 aliphatic carbocycles. The third kappa shape index (κ3) is 4.15. The van der Waals surface area contributed by atoms with E-state index in [1.165, 1.54) is 44.9 Å². The Morgan fingerprint density at radius 2 is 1.46 bits per heavy atom. The van der Waals surface area contributed by atoms with E-state index in [0.717, 1.165) is 36.5 Å². The first-order valence-electron chi connectivity index (χ1n) is 10.9. The lowest BCUT2D eigenvalue weighted by atomic mass is 9.44. The molecular formula is C21H38O6S. The molecule has 0 saturated heterocycles. The second-order valence-electron chi connectivity index (χ2n) is 10.5. The SMILES string of the molecule is C[C@H](O)C1CC[C@H]2[C@@H]3CC[C@H]4C[C@@H](O)CC[C@]4(C)[C@H]3CC[C@]12C.O=S(=O)(O)O. The van der Waals surface area contributed by atoms with Crippen molar-refractivity contribution in [2.45, 2.75) is 90.8 Å². The number of hydrogen-bond acceptors (Lipinski definition) is 4. The standard InChI is InChI=1S/C21H36O2.H2O4S/c1-13(22)17-6-7-18-16-5-4-14-12-15(23)8-10-20(14,2)19(16)9-11-21(17,18)3;1-5(2,3)4/h13-19,22-23H,4-12H2,1-3H3;(H2,1,2,3,4)/t13-,14-,15-,16-,17?,18-,19-,20-,21+;/m0./s1. The van der Waals surface area contributed by atoms with Gasteiger partial charge >= 0.3 is 10.4 Å². The van der Waals surface area contributed by atoms with Crippen LogP contribution >= 0.6 is 0 Å². The molecule has 0 aliphatic heterocycles. The normalized spacial score (nSPS) is 49.1. The van der Waals surface area contributed by atoms with Crippen LogP contribution in [0.15, 0.2) is 0 Å². The quantitative estimate of drug-likeness (QED) is 0.482. The zero-order chi connectivity index (χ0) is 20.9. The summed E-state index contributed by atoms with van der Waals surface area (Å²) in [7, 11) is -4.67. The van der Waals surface area contributed by atoms with Gasteiger partial charge in [0.25, 0.3) is 0 Å². The molecule has 4 N–H and O–H groups in total. The molecule has 7 heteroatoms. The fourth-order valence-electron chi connectivity index (χ4n) is 8.07. The first-order chi connectivity index (χ1) is 12.9. The Balaban J connectivity index is 0.000000403. The maximum absolute atomic E-state index is 10.3. The Hall–Kier alpha value is -0.210. The van der Waals surface area contributed by atoms with Crippen LogP contribution in [0.25, 0.3) is 0 Å². The maximum Gasteiger partial charge on any atom is 0.394 e. The first kappa shape index (κ1) is 22.5. The molecule has 0 amide bonds. The van der Waals surface area contributed by atoms with E-state index in [2.05, 4.69) is 13.8 Å². The summed E-state index contributed by atoms with van der Waals surface area (Å²) in [5.74, 6) is 3.87. The molecular weight excluding hydrogens is 380 g/mol. The number of aliphatic hydroxyl groups excluding tert-OH is 2. The molecule has 6 nitrogen and oxygen atoms in total. The van der Waals surface area contributed by atoms with E-state index in [4.69, 9.17) is 17.5 Å². The van der Waals surface area contributed by atoms with Gasteiger partial charge in [0.15, 0.2) is 0 Å². The number of fused-ring (bicyclic) bond motifs is 5. The lowest BCUT2D eigenvalue weighted by molar-refractivity contribution is -0.132. The van der Waals surface area contributed by atoms with Crippen LogP contribution in [0, 0.1) is 40.4 Å². The molecule has 0 bridgehead atoms. The molecule has 1 unspecified atom stereocenters. The molecule has 4 rings (SSSR count). The second-order valence-corrected chi connectivity index (χ2v) is 11.4. The van der Waals surface area contributed by atoms with Crippen LogP contribution in [0.5, 0.6) is 0 Å². The fraction of sp³-hybridized carbons (Fsp3) is 1.00. The molecule has 4 fully saturated rings. The Labute approximate surface area is 169 Å². The summed E-state index contributed by atoms with van der Waals surface area (Å²) in [5.41, 5.74) is 0.860. The summed E-state index contributed by atoms with van der Waals surface area (Å²) in [5, 5.41) is 20.4. The Morgan fingerprint density at radius 3 is 2.07 bits per heavy atom. The average Bonchev–Trinajstić information content (AvgIpc) is 2.91. The number of hydrogen-bond donors (Lipinski definition) is 4. The van der Waals surface area contributed by atoms with E-state index in [9.17, 15) is 10.2 Å². The average molecular weight is 419 g/mol. The summed E-state index contributed by atoms with van der Waals surface area (Å²) in [6.07, 6.45) is 11.1. The smallest absolute Gasteiger partial charge is 0.393 e. The maximum atomic E-state index is 10.3. The van der Waals surface area contributed by atoms with Crippen molar-refractivity contribution in [2.24, 2.45) is 40.4 Å². The van der Waals surface area contributed by atoms with E-state index >= 15 is 0 Å². The van der Waals surface area contributed by atoms with Crippen LogP contribution in [-0.4, -0.2) is 39.9 Å². The van der Waals surface area contributed by atoms with Crippen molar-refractivity contribution >= 4 is 10.4 Å². The summed E-state index contributed by atoms with van der Waals surface area (Å²) >= 11 is 0. The van der Waals surface area contributed by atoms with Crippen molar-refractivity contribution in [1.82, 2.24) is 0 Å². The topological polar surface area (TPSA) is 115 Å². The molecule has 9 atom stereocenters. The first-order valence-corrected chi connectivity index (χ1v) is 12.3. The third-order valence-corrected chi connectivity index (χ3v) is 9.29. The van der Waals surface area contributed by atoms with Gasteiger partial charge in [0.1, 0.15) is 0 Å². The highest BCUT2D eigenvalue weighted by Crippen LogP contribution is 2.67. The molecule has 0 aromatic heterocycles. The summed E-state index contributed by atoms with van der Waals surface area (Å²) in [4.78, 5) is 0. The second kappa shape index (κ2) is 7.80. The highest BCUT2D eigenvalue weighted by molar-refractivity contribution is 7.79. The molecule has 0 spiro atoms. The number of aliphatic hydroxyl groups is 2. The highest BCUT2D eigenvalue weighted by atomic mass is 32.3. The van der Waals surface area contributed by atoms with Gasteiger partial charge in [-0.05, 0) is 105 Å². The largest absolute Gasteiger partial charge is 0.394 e. The van der Waals surface area contributed by atoms with Crippen LogP contribution in [0.1, 0.15) is 78.6 Å². The molecule has 164 valence electrons. The minimum Gasteiger partial charge on any atom is -0.393 e. The van der Waals surface area contributed by atoms with Crippen molar-refractivity contribution in [3.05, 3.63) is 0 Å². The van der Waals surface area contributed by atoms with Gasteiger partial charge in [-0.1, -0.05) is 13.8 Å². The monoisotopic (exact) mass is 418 g/mol. The third-order valence-electron chi connectivity index (χ3n) is 9.29. The van der Waals surface area contributed by atoms with Crippen LogP contribution < -0.4 is 0 Å². The Bertz CT molecular complexity index is 656. The van der Waals surface area contributed by atoms with E-state index in [0.29, 0.717) is 16.7 Å². The lowest BCUT2D eigenvalue weighted by Crippen LogP contribution is -2.54. The summed E-state index contributed by atoms with van der Waals surface area (Å²) in [6, 6.07) is 0. The Kier molecular flexibility index (Phi) is 6.26. The molecule has 4 saturated carbocycles. The van der Waals surface area contributed by atoms with Gasteiger partial charge in [0.05, 0.1) is 12.2 Å². The zero-order valence-corrected chi connectivity index (χ0v) is 18.2. The van der Waals surface area contributed by atoms with Gasteiger partial charge in [0.2, 0.25) is 0 Å². The minimum absolute atomic E-state index is 0.0374. The molecule has 0 aromatic carbocycles. The van der Waals surface area contributed by atoms with Gasteiger partial charge < -0.3 is 10.2 Å². The van der Waals surface area contributed by atoms with Gasteiger partial charge in [-0.3, -0.25) is 9.11 Å². The highest BCUT2D eigenvalue weighted by Gasteiger charge is 2.60. The van der Waals surface area contributed by atoms with Crippen molar-refractivity contribution < 1.29 is 27.7 Å². The van der Waals surface area contributed by atoms with Gasteiger partial charge in [0, 0.05) is 0 Å². The summed E-state index contributed by atoms with van der Waals surface area (Å²) in [6.45, 7) is 7.08. The van der Waals surface area contributed by atoms with Crippen LogP contribution in [0.2, 0.25) is 0 Å². The molecule has 0 aromatic rings. The molecule has 0 radical (unpaired) electrons. The van der Waals surface area contributed by atoms with Crippen LogP contribution in [0.4, 0.5) is 0 Å². The number of rotatable bonds is 1. The van der Waals surface area contributed by atoms with Crippen molar-refractivity contribution in [3.63, 3.8) is 0 Å². The fourth-order valence-corrected chi connectivity index (χ4v) is 8.07. The molecule has 28 heavy (non-hydrogen) atoms. The zero-order valence-electron chi connectivity index (χ0n) is 17.4. The predicted octanol–water partition coefficient (Wildman–Crippen LogP) is 3.73. The van der Waals surface area contributed by atoms with Crippen molar-refractivity contribution in [3.8, 4) is 0 Å². The van der Waals surface area contributed by atoms with Crippen LogP contribution in [-0.2, 0) is 10.4 Å². The van der Waals surface area contributed by atoms with Gasteiger partial charge in [-0.15, -0.1) is 0 Å². The molecule has 4 aliphatic rings. The van der Waals surface area contributed by atoms with E-state index < -0.39 is 10.4 Å².